The average molecular weight is 256 g/mol. The highest BCUT2D eigenvalue weighted by molar-refractivity contribution is 5.46. The van der Waals surface area contributed by atoms with Gasteiger partial charge in [0.25, 0.3) is 0 Å². The minimum atomic E-state index is -1.19. The van der Waals surface area contributed by atoms with E-state index in [0.717, 1.165) is 12.0 Å². The molecule has 1 aromatic rings. The van der Waals surface area contributed by atoms with Gasteiger partial charge in [0.15, 0.2) is 0 Å². The van der Waals surface area contributed by atoms with Gasteiger partial charge in [0.2, 0.25) is 0 Å². The largest absolute Gasteiger partial charge is 0.374 e. The average Bonchev–Trinajstić information content (AvgIpc) is 2.35. The molecule has 1 unspecified atom stereocenters. The van der Waals surface area contributed by atoms with Gasteiger partial charge in [-0.2, -0.15) is 0 Å². The second kappa shape index (κ2) is 4.12. The van der Waals surface area contributed by atoms with E-state index in [-0.39, 0.29) is 10.8 Å². The third-order valence-corrected chi connectivity index (χ3v) is 4.70. The van der Waals surface area contributed by atoms with E-state index in [1.807, 2.05) is 6.07 Å². The van der Waals surface area contributed by atoms with Crippen LogP contribution in [0.1, 0.15) is 64.2 Å². The van der Waals surface area contributed by atoms with Gasteiger partial charge < -0.3 is 5.11 Å². The van der Waals surface area contributed by atoms with Crippen LogP contribution in [0, 0.1) is 12.3 Å². The molecule has 0 aromatic heterocycles. The monoisotopic (exact) mass is 256 g/mol. The highest BCUT2D eigenvalue weighted by atomic mass is 16.3. The Hall–Kier alpha value is -1.26. The number of hydrogen-bond donors (Lipinski definition) is 1. The van der Waals surface area contributed by atoms with E-state index >= 15 is 0 Å². The van der Waals surface area contributed by atoms with Crippen LogP contribution in [0.15, 0.2) is 18.2 Å². The second-order valence-corrected chi connectivity index (χ2v) is 7.24. The molecular weight excluding hydrogens is 232 g/mol. The lowest BCUT2D eigenvalue weighted by Gasteiger charge is -2.42. The molecule has 1 aliphatic rings. The molecule has 1 nitrogen and oxygen atoms in total. The normalized spacial score (nSPS) is 23.0. The summed E-state index contributed by atoms with van der Waals surface area (Å²) in [6.45, 7) is 10.8. The van der Waals surface area contributed by atoms with Gasteiger partial charge in [0.1, 0.15) is 5.60 Å². The van der Waals surface area contributed by atoms with Gasteiger partial charge in [0.05, 0.1) is 0 Å². The molecule has 1 atom stereocenters. The van der Waals surface area contributed by atoms with Crippen molar-refractivity contribution in [2.75, 3.05) is 0 Å². The number of terminal acetylenes is 1. The molecule has 1 aliphatic carbocycles. The summed E-state index contributed by atoms with van der Waals surface area (Å²) in [5.74, 6) is 2.47. The van der Waals surface area contributed by atoms with Crippen molar-refractivity contribution in [3.05, 3.63) is 34.9 Å². The molecule has 0 amide bonds. The first kappa shape index (κ1) is 14.2. The summed E-state index contributed by atoms with van der Waals surface area (Å²) in [5, 5.41) is 10.3. The fraction of sp³-hybridized carbons (Fsp3) is 0.556. The lowest BCUT2D eigenvalue weighted by Crippen LogP contribution is -2.34. The van der Waals surface area contributed by atoms with Gasteiger partial charge in [-0.3, -0.25) is 0 Å². The maximum absolute atomic E-state index is 10.3. The van der Waals surface area contributed by atoms with Crippen LogP contribution in [0.25, 0.3) is 0 Å². The minimum Gasteiger partial charge on any atom is -0.374 e. The van der Waals surface area contributed by atoms with Crippen molar-refractivity contribution in [2.24, 2.45) is 0 Å². The lowest BCUT2D eigenvalue weighted by atomic mass is 9.62. The predicted molar refractivity (Wildman–Crippen MR) is 80.1 cm³/mol. The zero-order chi connectivity index (χ0) is 14.5. The highest BCUT2D eigenvalue weighted by Crippen LogP contribution is 2.46. The van der Waals surface area contributed by atoms with Crippen LogP contribution in [0.2, 0.25) is 0 Å². The van der Waals surface area contributed by atoms with E-state index in [1.165, 1.54) is 17.5 Å². The molecule has 0 saturated heterocycles. The fourth-order valence-corrected chi connectivity index (χ4v) is 2.97. The Bertz CT molecular complexity index is 541. The predicted octanol–water partition coefficient (Wildman–Crippen LogP) is 3.88. The molecule has 0 fully saturated rings. The first-order valence-electron chi connectivity index (χ1n) is 6.96. The second-order valence-electron chi connectivity index (χ2n) is 7.24. The summed E-state index contributed by atoms with van der Waals surface area (Å²) < 4.78 is 0. The van der Waals surface area contributed by atoms with E-state index in [0.29, 0.717) is 0 Å². The van der Waals surface area contributed by atoms with Crippen LogP contribution in [-0.4, -0.2) is 5.11 Å². The number of rotatable bonds is 1. The van der Waals surface area contributed by atoms with E-state index in [2.05, 4.69) is 45.7 Å². The maximum Gasteiger partial charge on any atom is 0.147 e. The van der Waals surface area contributed by atoms with E-state index in [9.17, 15) is 5.11 Å². The van der Waals surface area contributed by atoms with Crippen molar-refractivity contribution in [3.8, 4) is 12.3 Å². The smallest absolute Gasteiger partial charge is 0.147 e. The highest BCUT2D eigenvalue weighted by Gasteiger charge is 2.37. The summed E-state index contributed by atoms with van der Waals surface area (Å²) in [4.78, 5) is 0. The number of aliphatic hydroxyl groups is 1. The topological polar surface area (TPSA) is 20.2 Å². The molecule has 1 N–H and O–H groups in total. The Morgan fingerprint density at radius 2 is 1.63 bits per heavy atom. The first-order chi connectivity index (χ1) is 8.60. The van der Waals surface area contributed by atoms with Crippen LogP contribution >= 0.6 is 0 Å². The molecule has 0 spiro atoms. The standard InChI is InChI=1S/C18H24O/c1-7-18(6,19)13-8-9-14-15(12-13)17(4,5)11-10-16(14,2)3/h1,8-9,12,19H,10-11H2,2-6H3. The first-order valence-corrected chi connectivity index (χ1v) is 6.96. The van der Waals surface area contributed by atoms with E-state index in [1.54, 1.807) is 6.92 Å². The zero-order valence-corrected chi connectivity index (χ0v) is 12.7. The molecule has 2 rings (SSSR count). The molecule has 0 aliphatic heterocycles. The number of fused-ring (bicyclic) bond motifs is 1. The third-order valence-electron chi connectivity index (χ3n) is 4.70. The molecule has 1 heteroatoms. The quantitative estimate of drug-likeness (QED) is 0.756. The molecule has 0 radical (unpaired) electrons. The third kappa shape index (κ3) is 2.30. The minimum absolute atomic E-state index is 0.144. The van der Waals surface area contributed by atoms with Gasteiger partial charge in [-0.05, 0) is 47.3 Å². The Morgan fingerprint density at radius 1 is 1.11 bits per heavy atom. The summed E-state index contributed by atoms with van der Waals surface area (Å²) in [6.07, 6.45) is 7.79. The Morgan fingerprint density at radius 3 is 2.16 bits per heavy atom. The molecule has 0 saturated carbocycles. The van der Waals surface area contributed by atoms with Crippen LogP contribution in [0.4, 0.5) is 0 Å². The number of hydrogen-bond acceptors (Lipinski definition) is 1. The molecule has 0 heterocycles. The lowest BCUT2D eigenvalue weighted by molar-refractivity contribution is 0.122. The van der Waals surface area contributed by atoms with E-state index in [4.69, 9.17) is 6.42 Å². The van der Waals surface area contributed by atoms with E-state index < -0.39 is 5.60 Å². The summed E-state index contributed by atoms with van der Waals surface area (Å²) in [6, 6.07) is 6.23. The van der Waals surface area contributed by atoms with Crippen LogP contribution in [0.5, 0.6) is 0 Å². The Balaban J connectivity index is 2.64. The number of benzene rings is 1. The van der Waals surface area contributed by atoms with Gasteiger partial charge >= 0.3 is 0 Å². The SMILES string of the molecule is C#CC(C)(O)c1ccc2c(c1)C(C)(C)CCC2(C)C. The maximum atomic E-state index is 10.3. The summed E-state index contributed by atoms with van der Waals surface area (Å²) in [5.41, 5.74) is 2.69. The van der Waals surface area contributed by atoms with Crippen LogP contribution < -0.4 is 0 Å². The summed E-state index contributed by atoms with van der Waals surface area (Å²) >= 11 is 0. The summed E-state index contributed by atoms with van der Waals surface area (Å²) in [7, 11) is 0. The molecule has 0 bridgehead atoms. The van der Waals surface area contributed by atoms with Gasteiger partial charge in [0, 0.05) is 0 Å². The van der Waals surface area contributed by atoms with Crippen LogP contribution in [-0.2, 0) is 16.4 Å². The Labute approximate surface area is 117 Å². The fourth-order valence-electron chi connectivity index (χ4n) is 2.97. The Kier molecular flexibility index (Phi) is 3.07. The molecule has 1 aromatic carbocycles. The van der Waals surface area contributed by atoms with Crippen molar-refractivity contribution >= 4 is 0 Å². The zero-order valence-electron chi connectivity index (χ0n) is 12.7. The van der Waals surface area contributed by atoms with Crippen molar-refractivity contribution in [3.63, 3.8) is 0 Å². The van der Waals surface area contributed by atoms with Crippen molar-refractivity contribution in [1.29, 1.82) is 0 Å². The molecule has 19 heavy (non-hydrogen) atoms. The van der Waals surface area contributed by atoms with Gasteiger partial charge in [-0.15, -0.1) is 6.42 Å². The molecule has 102 valence electrons. The van der Waals surface area contributed by atoms with Crippen molar-refractivity contribution in [1.82, 2.24) is 0 Å². The van der Waals surface area contributed by atoms with Crippen molar-refractivity contribution < 1.29 is 5.11 Å². The van der Waals surface area contributed by atoms with Gasteiger partial charge in [-0.1, -0.05) is 51.8 Å². The molecular formula is C18H24O. The van der Waals surface area contributed by atoms with Crippen LogP contribution in [0.3, 0.4) is 0 Å². The van der Waals surface area contributed by atoms with Crippen molar-refractivity contribution in [2.45, 2.75) is 63.9 Å². The van der Waals surface area contributed by atoms with Gasteiger partial charge in [-0.25, -0.2) is 0 Å².